The van der Waals surface area contributed by atoms with E-state index >= 15 is 0 Å². The molecule has 3 rings (SSSR count). The molecule has 0 bridgehead atoms. The molecule has 1 atom stereocenters. The largest absolute Gasteiger partial charge is 0.370 e. The third-order valence-corrected chi connectivity index (χ3v) is 3.91. The number of rotatable bonds is 5. The Morgan fingerprint density at radius 1 is 1.56 bits per heavy atom. The van der Waals surface area contributed by atoms with Gasteiger partial charge in [0, 0.05) is 18.0 Å². The predicted molar refractivity (Wildman–Crippen MR) is 70.8 cm³/mol. The van der Waals surface area contributed by atoms with Gasteiger partial charge in [-0.05, 0) is 30.7 Å². The number of hydrogen-bond donors (Lipinski definition) is 2. The molecule has 0 amide bonds. The summed E-state index contributed by atoms with van der Waals surface area (Å²) in [5.74, 6) is 1.50. The number of H-pyrrole nitrogens is 1. The Balaban J connectivity index is 1.50. The number of thiophene rings is 1. The van der Waals surface area contributed by atoms with Crippen molar-refractivity contribution in [2.75, 3.05) is 18.5 Å². The minimum Gasteiger partial charge on any atom is -0.370 e. The summed E-state index contributed by atoms with van der Waals surface area (Å²) in [5, 5.41) is 12.4. The van der Waals surface area contributed by atoms with Crippen LogP contribution >= 0.6 is 11.3 Å². The van der Waals surface area contributed by atoms with Crippen LogP contribution in [0.25, 0.3) is 0 Å². The summed E-state index contributed by atoms with van der Waals surface area (Å²) in [6.45, 7) is 1.68. The van der Waals surface area contributed by atoms with Crippen molar-refractivity contribution in [3.05, 3.63) is 28.2 Å². The average Bonchev–Trinajstić information content (AvgIpc) is 3.12. The molecule has 96 valence electrons. The van der Waals surface area contributed by atoms with Crippen LogP contribution in [0.4, 0.5) is 5.95 Å². The molecule has 2 N–H and O–H groups in total. The Morgan fingerprint density at radius 3 is 3.33 bits per heavy atom. The standard InChI is InChI=1S/C12H16N4OS/c1-4-10(17-7-1)11-14-12(16-15-11)13-6-5-9-3-2-8-18-9/h2-3,8,10H,1,4-7H2,(H2,13,14,15,16)/t10-/m0/s1. The third kappa shape index (κ3) is 2.70. The summed E-state index contributed by atoms with van der Waals surface area (Å²) in [6.07, 6.45) is 3.24. The molecule has 0 unspecified atom stereocenters. The molecule has 1 aliphatic heterocycles. The van der Waals surface area contributed by atoms with Crippen molar-refractivity contribution in [1.82, 2.24) is 15.2 Å². The van der Waals surface area contributed by atoms with Crippen LogP contribution in [0.5, 0.6) is 0 Å². The molecule has 0 radical (unpaired) electrons. The maximum Gasteiger partial charge on any atom is 0.242 e. The second-order valence-electron chi connectivity index (χ2n) is 4.30. The van der Waals surface area contributed by atoms with E-state index in [0.717, 1.165) is 38.2 Å². The van der Waals surface area contributed by atoms with Crippen LogP contribution in [0, 0.1) is 0 Å². The lowest BCUT2D eigenvalue weighted by Crippen LogP contribution is -2.05. The van der Waals surface area contributed by atoms with Crippen molar-refractivity contribution in [1.29, 1.82) is 0 Å². The van der Waals surface area contributed by atoms with Gasteiger partial charge in [0.05, 0.1) is 0 Å². The summed E-state index contributed by atoms with van der Waals surface area (Å²) in [4.78, 5) is 5.78. The summed E-state index contributed by atoms with van der Waals surface area (Å²) in [5.41, 5.74) is 0. The molecule has 0 aliphatic carbocycles. The topological polar surface area (TPSA) is 62.8 Å². The normalized spacial score (nSPS) is 19.2. The number of aromatic amines is 1. The first-order valence-corrected chi connectivity index (χ1v) is 7.10. The molecule has 5 nitrogen and oxygen atoms in total. The van der Waals surface area contributed by atoms with Gasteiger partial charge in [-0.25, -0.2) is 0 Å². The first-order chi connectivity index (χ1) is 8.92. The van der Waals surface area contributed by atoms with Gasteiger partial charge >= 0.3 is 0 Å². The van der Waals surface area contributed by atoms with E-state index < -0.39 is 0 Å². The van der Waals surface area contributed by atoms with Crippen molar-refractivity contribution in [3.8, 4) is 0 Å². The van der Waals surface area contributed by atoms with Gasteiger partial charge in [-0.15, -0.1) is 16.4 Å². The zero-order chi connectivity index (χ0) is 12.2. The summed E-state index contributed by atoms with van der Waals surface area (Å²) in [7, 11) is 0. The molecular weight excluding hydrogens is 248 g/mol. The highest BCUT2D eigenvalue weighted by Crippen LogP contribution is 2.25. The van der Waals surface area contributed by atoms with Crippen molar-refractivity contribution in [2.24, 2.45) is 0 Å². The number of ether oxygens (including phenoxy) is 1. The summed E-state index contributed by atoms with van der Waals surface area (Å²) < 4.78 is 5.56. The van der Waals surface area contributed by atoms with E-state index in [4.69, 9.17) is 4.74 Å². The third-order valence-electron chi connectivity index (χ3n) is 2.97. The van der Waals surface area contributed by atoms with Gasteiger partial charge in [0.15, 0.2) is 5.82 Å². The van der Waals surface area contributed by atoms with E-state index in [1.807, 2.05) is 0 Å². The fourth-order valence-corrected chi connectivity index (χ4v) is 2.75. The second kappa shape index (κ2) is 5.49. The molecule has 0 spiro atoms. The number of nitrogens with one attached hydrogen (secondary N) is 2. The lowest BCUT2D eigenvalue weighted by molar-refractivity contribution is 0.105. The van der Waals surface area contributed by atoms with Gasteiger partial charge in [-0.2, -0.15) is 4.98 Å². The Bertz CT molecular complexity index is 476. The number of hydrogen-bond acceptors (Lipinski definition) is 5. The molecule has 1 saturated heterocycles. The Hall–Kier alpha value is -1.40. The quantitative estimate of drug-likeness (QED) is 0.870. The molecule has 18 heavy (non-hydrogen) atoms. The van der Waals surface area contributed by atoms with E-state index in [9.17, 15) is 0 Å². The molecule has 3 heterocycles. The molecular formula is C12H16N4OS. The highest BCUT2D eigenvalue weighted by Gasteiger charge is 2.21. The van der Waals surface area contributed by atoms with E-state index in [0.29, 0.717) is 5.95 Å². The highest BCUT2D eigenvalue weighted by molar-refractivity contribution is 7.09. The maximum atomic E-state index is 5.56. The molecule has 0 aromatic carbocycles. The first kappa shape index (κ1) is 11.7. The van der Waals surface area contributed by atoms with Gasteiger partial charge < -0.3 is 10.1 Å². The lowest BCUT2D eigenvalue weighted by Gasteiger charge is -2.03. The Labute approximate surface area is 110 Å². The van der Waals surface area contributed by atoms with Gasteiger partial charge in [0.2, 0.25) is 5.95 Å². The van der Waals surface area contributed by atoms with Crippen LogP contribution in [0.2, 0.25) is 0 Å². The van der Waals surface area contributed by atoms with E-state index in [2.05, 4.69) is 38.0 Å². The number of nitrogens with zero attached hydrogens (tertiary/aromatic N) is 2. The van der Waals surface area contributed by atoms with Crippen LogP contribution in [-0.2, 0) is 11.2 Å². The van der Waals surface area contributed by atoms with Crippen molar-refractivity contribution >= 4 is 17.3 Å². The van der Waals surface area contributed by atoms with Crippen LogP contribution in [0.3, 0.4) is 0 Å². The summed E-state index contributed by atoms with van der Waals surface area (Å²) in [6, 6.07) is 4.21. The zero-order valence-electron chi connectivity index (χ0n) is 10.1. The minimum atomic E-state index is 0.102. The fourth-order valence-electron chi connectivity index (χ4n) is 2.04. The van der Waals surface area contributed by atoms with Crippen molar-refractivity contribution in [3.63, 3.8) is 0 Å². The Kier molecular flexibility index (Phi) is 3.56. The second-order valence-corrected chi connectivity index (χ2v) is 5.33. The summed E-state index contributed by atoms with van der Waals surface area (Å²) >= 11 is 1.78. The van der Waals surface area contributed by atoms with E-state index in [1.165, 1.54) is 4.88 Å². The van der Waals surface area contributed by atoms with E-state index in [-0.39, 0.29) is 6.10 Å². The van der Waals surface area contributed by atoms with Gasteiger partial charge in [0.1, 0.15) is 6.10 Å². The van der Waals surface area contributed by atoms with Crippen molar-refractivity contribution < 1.29 is 4.74 Å². The van der Waals surface area contributed by atoms with Gasteiger partial charge in [-0.1, -0.05) is 6.07 Å². The smallest absolute Gasteiger partial charge is 0.242 e. The van der Waals surface area contributed by atoms with Crippen LogP contribution in [0.15, 0.2) is 17.5 Å². The lowest BCUT2D eigenvalue weighted by atomic mass is 10.2. The fraction of sp³-hybridized carbons (Fsp3) is 0.500. The Morgan fingerprint density at radius 2 is 2.56 bits per heavy atom. The van der Waals surface area contributed by atoms with E-state index in [1.54, 1.807) is 11.3 Å². The average molecular weight is 264 g/mol. The van der Waals surface area contributed by atoms with Crippen LogP contribution in [-0.4, -0.2) is 28.3 Å². The monoisotopic (exact) mass is 264 g/mol. The zero-order valence-corrected chi connectivity index (χ0v) is 10.9. The minimum absolute atomic E-state index is 0.102. The highest BCUT2D eigenvalue weighted by atomic mass is 32.1. The number of aromatic nitrogens is 3. The molecule has 2 aromatic rings. The first-order valence-electron chi connectivity index (χ1n) is 6.22. The molecule has 0 saturated carbocycles. The van der Waals surface area contributed by atoms with Crippen LogP contribution in [0.1, 0.15) is 29.6 Å². The van der Waals surface area contributed by atoms with Gasteiger partial charge in [-0.3, -0.25) is 5.10 Å². The molecule has 1 fully saturated rings. The SMILES string of the molecule is c1csc(CCNc2n[nH]c([C@@H]3CCCO3)n2)c1. The maximum absolute atomic E-state index is 5.56. The molecule has 2 aromatic heterocycles. The van der Waals surface area contributed by atoms with Gasteiger partial charge in [0.25, 0.3) is 0 Å². The molecule has 1 aliphatic rings. The van der Waals surface area contributed by atoms with Crippen molar-refractivity contribution in [2.45, 2.75) is 25.4 Å². The number of anilines is 1. The van der Waals surface area contributed by atoms with Crippen LogP contribution < -0.4 is 5.32 Å². The predicted octanol–water partition coefficient (Wildman–Crippen LogP) is 2.37. The molecule has 6 heteroatoms.